The molecule has 5 nitrogen and oxygen atoms in total. The number of nitrogens with zero attached hydrogens (tertiary/aromatic N) is 1. The van der Waals surface area contributed by atoms with Crippen LogP contribution < -0.4 is 5.32 Å². The largest absolute Gasteiger partial charge is 0.354 e. The lowest BCUT2D eigenvalue weighted by atomic mass is 9.96. The summed E-state index contributed by atoms with van der Waals surface area (Å²) in [5.74, 6) is 0.295. The van der Waals surface area contributed by atoms with Gasteiger partial charge < -0.3 is 5.32 Å². The van der Waals surface area contributed by atoms with E-state index in [4.69, 9.17) is 0 Å². The summed E-state index contributed by atoms with van der Waals surface area (Å²) in [6, 6.07) is 16.5. The van der Waals surface area contributed by atoms with Gasteiger partial charge in [-0.15, -0.1) is 11.8 Å². The Labute approximate surface area is 144 Å². The number of non-ortho nitro benzene ring substituents is 1. The first-order valence-corrected chi connectivity index (χ1v) is 8.77. The summed E-state index contributed by atoms with van der Waals surface area (Å²) in [6.45, 7) is 0.663. The van der Waals surface area contributed by atoms with E-state index in [9.17, 15) is 14.9 Å². The summed E-state index contributed by atoms with van der Waals surface area (Å²) in [7, 11) is 0. The second kappa shape index (κ2) is 7.05. The second-order valence-corrected chi connectivity index (χ2v) is 7.01. The third kappa shape index (κ3) is 3.94. The van der Waals surface area contributed by atoms with Crippen LogP contribution in [0, 0.1) is 10.1 Å². The monoisotopic (exact) mass is 342 g/mol. The van der Waals surface area contributed by atoms with Gasteiger partial charge in [-0.25, -0.2) is 0 Å². The Bertz CT molecular complexity index is 728. The molecule has 24 heavy (non-hydrogen) atoms. The van der Waals surface area contributed by atoms with Crippen LogP contribution in [0.25, 0.3) is 0 Å². The van der Waals surface area contributed by atoms with Gasteiger partial charge in [0.1, 0.15) is 0 Å². The predicted octanol–water partition coefficient (Wildman–Crippen LogP) is 3.53. The van der Waals surface area contributed by atoms with Gasteiger partial charge >= 0.3 is 0 Å². The van der Waals surface area contributed by atoms with E-state index in [2.05, 4.69) is 17.4 Å². The van der Waals surface area contributed by atoms with Gasteiger partial charge in [-0.05, 0) is 30.5 Å². The zero-order valence-electron chi connectivity index (χ0n) is 13.1. The van der Waals surface area contributed by atoms with Crippen LogP contribution in [0.4, 0.5) is 5.69 Å². The van der Waals surface area contributed by atoms with Crippen LogP contribution in [-0.2, 0) is 10.2 Å². The smallest absolute Gasteiger partial charge is 0.269 e. The van der Waals surface area contributed by atoms with Crippen molar-refractivity contribution in [3.8, 4) is 0 Å². The van der Waals surface area contributed by atoms with Crippen molar-refractivity contribution in [2.24, 2.45) is 0 Å². The third-order valence-corrected chi connectivity index (χ3v) is 5.29. The Hall–Kier alpha value is -2.34. The standard InChI is InChI=1S/C18H18N2O3S/c21-17(12-24-16-8-6-15(7-9-16)20(22)23)19-13-18(10-11-18)14-4-2-1-3-5-14/h1-9H,10-13H2,(H,19,21). The molecule has 1 aliphatic carbocycles. The zero-order chi connectivity index (χ0) is 17.0. The Morgan fingerprint density at radius 1 is 1.12 bits per heavy atom. The van der Waals surface area contributed by atoms with E-state index in [1.54, 1.807) is 12.1 Å². The second-order valence-electron chi connectivity index (χ2n) is 5.96. The molecule has 0 aliphatic heterocycles. The molecule has 1 saturated carbocycles. The molecule has 2 aromatic rings. The van der Waals surface area contributed by atoms with Crippen LogP contribution >= 0.6 is 11.8 Å². The quantitative estimate of drug-likeness (QED) is 0.475. The maximum Gasteiger partial charge on any atom is 0.269 e. The summed E-state index contributed by atoms with van der Waals surface area (Å²) < 4.78 is 0. The van der Waals surface area contributed by atoms with Crippen molar-refractivity contribution in [3.05, 3.63) is 70.3 Å². The number of nitro groups is 1. The molecule has 124 valence electrons. The number of hydrogen-bond acceptors (Lipinski definition) is 4. The van der Waals surface area contributed by atoms with E-state index < -0.39 is 4.92 Å². The minimum Gasteiger partial charge on any atom is -0.354 e. The number of carbonyl (C=O) groups excluding carboxylic acids is 1. The van der Waals surface area contributed by atoms with Gasteiger partial charge in [-0.1, -0.05) is 30.3 Å². The molecule has 2 aromatic carbocycles. The summed E-state index contributed by atoms with van der Waals surface area (Å²) in [5.41, 5.74) is 1.45. The number of nitrogens with one attached hydrogen (secondary N) is 1. The van der Waals surface area contributed by atoms with E-state index in [0.717, 1.165) is 17.7 Å². The molecule has 0 radical (unpaired) electrons. The van der Waals surface area contributed by atoms with Crippen LogP contribution in [0.15, 0.2) is 59.5 Å². The van der Waals surface area contributed by atoms with Crippen LogP contribution in [-0.4, -0.2) is 23.1 Å². The van der Waals surface area contributed by atoms with Gasteiger partial charge in [0.05, 0.1) is 10.7 Å². The number of hydrogen-bond donors (Lipinski definition) is 1. The van der Waals surface area contributed by atoms with Crippen molar-refractivity contribution in [1.82, 2.24) is 5.32 Å². The zero-order valence-corrected chi connectivity index (χ0v) is 13.9. The average molecular weight is 342 g/mol. The highest BCUT2D eigenvalue weighted by Gasteiger charge is 2.44. The van der Waals surface area contributed by atoms with Gasteiger partial charge in [0, 0.05) is 29.0 Å². The maximum absolute atomic E-state index is 12.1. The first-order chi connectivity index (χ1) is 11.6. The van der Waals surface area contributed by atoms with Crippen molar-refractivity contribution in [3.63, 3.8) is 0 Å². The van der Waals surface area contributed by atoms with Crippen LogP contribution in [0.3, 0.4) is 0 Å². The van der Waals surface area contributed by atoms with Gasteiger partial charge in [0.15, 0.2) is 0 Å². The number of benzene rings is 2. The highest BCUT2D eigenvalue weighted by Crippen LogP contribution is 2.47. The molecule has 0 aromatic heterocycles. The van der Waals surface area contributed by atoms with E-state index in [1.165, 1.54) is 29.5 Å². The molecule has 0 unspecified atom stereocenters. The molecule has 0 saturated heterocycles. The summed E-state index contributed by atoms with van der Waals surface area (Å²) in [5, 5.41) is 13.6. The SMILES string of the molecule is O=C(CSc1ccc([N+](=O)[O-])cc1)NCC1(c2ccccc2)CC1. The number of nitro benzene ring substituents is 1. The van der Waals surface area contributed by atoms with E-state index >= 15 is 0 Å². The number of amides is 1. The fraction of sp³-hybridized carbons (Fsp3) is 0.278. The molecule has 1 amide bonds. The molecule has 1 fully saturated rings. The van der Waals surface area contributed by atoms with Gasteiger partial charge in [0.2, 0.25) is 5.91 Å². The fourth-order valence-corrected chi connectivity index (χ4v) is 3.37. The normalized spacial score (nSPS) is 14.8. The van der Waals surface area contributed by atoms with Gasteiger partial charge in [-0.3, -0.25) is 14.9 Å². The molecule has 0 atom stereocenters. The molecular formula is C18H18N2O3S. The Morgan fingerprint density at radius 2 is 1.79 bits per heavy atom. The average Bonchev–Trinajstić information content (AvgIpc) is 3.40. The molecular weight excluding hydrogens is 324 g/mol. The number of carbonyl (C=O) groups is 1. The number of rotatable bonds is 7. The first kappa shape index (κ1) is 16.5. The first-order valence-electron chi connectivity index (χ1n) is 7.79. The molecule has 0 bridgehead atoms. The van der Waals surface area contributed by atoms with Crippen LogP contribution in [0.5, 0.6) is 0 Å². The van der Waals surface area contributed by atoms with Crippen molar-refractivity contribution >= 4 is 23.4 Å². The highest BCUT2D eigenvalue weighted by molar-refractivity contribution is 8.00. The van der Waals surface area contributed by atoms with E-state index in [0.29, 0.717) is 12.3 Å². The maximum atomic E-state index is 12.1. The Morgan fingerprint density at radius 3 is 2.38 bits per heavy atom. The van der Waals surface area contributed by atoms with Crippen molar-refractivity contribution < 1.29 is 9.72 Å². The van der Waals surface area contributed by atoms with Crippen LogP contribution in [0.1, 0.15) is 18.4 Å². The molecule has 1 aliphatic rings. The molecule has 6 heteroatoms. The van der Waals surface area contributed by atoms with Crippen molar-refractivity contribution in [2.75, 3.05) is 12.3 Å². The molecule has 1 N–H and O–H groups in total. The minimum absolute atomic E-state index is 0.0134. The highest BCUT2D eigenvalue weighted by atomic mass is 32.2. The molecule has 3 rings (SSSR count). The lowest BCUT2D eigenvalue weighted by Crippen LogP contribution is -2.33. The fourth-order valence-electron chi connectivity index (χ4n) is 2.64. The van der Waals surface area contributed by atoms with Gasteiger partial charge in [0.25, 0.3) is 5.69 Å². The van der Waals surface area contributed by atoms with E-state index in [1.807, 2.05) is 18.2 Å². The minimum atomic E-state index is -0.431. The number of thioether (sulfide) groups is 1. The summed E-state index contributed by atoms with van der Waals surface area (Å²) in [4.78, 5) is 23.1. The summed E-state index contributed by atoms with van der Waals surface area (Å²) in [6.07, 6.45) is 2.21. The Balaban J connectivity index is 1.47. The topological polar surface area (TPSA) is 72.2 Å². The predicted molar refractivity (Wildman–Crippen MR) is 94.2 cm³/mol. The molecule has 0 heterocycles. The lowest BCUT2D eigenvalue weighted by molar-refractivity contribution is -0.384. The van der Waals surface area contributed by atoms with Crippen molar-refractivity contribution in [1.29, 1.82) is 0 Å². The van der Waals surface area contributed by atoms with Crippen LogP contribution in [0.2, 0.25) is 0 Å². The third-order valence-electron chi connectivity index (χ3n) is 4.28. The Kier molecular flexibility index (Phi) is 4.85. The summed E-state index contributed by atoms with van der Waals surface area (Å²) >= 11 is 1.38. The van der Waals surface area contributed by atoms with Gasteiger partial charge in [-0.2, -0.15) is 0 Å². The van der Waals surface area contributed by atoms with Crippen molar-refractivity contribution in [2.45, 2.75) is 23.2 Å². The van der Waals surface area contributed by atoms with E-state index in [-0.39, 0.29) is 17.0 Å². The molecule has 0 spiro atoms. The lowest BCUT2D eigenvalue weighted by Gasteiger charge is -2.16.